The topological polar surface area (TPSA) is 71.4 Å². The van der Waals surface area contributed by atoms with Gasteiger partial charge in [-0.15, -0.1) is 0 Å². The number of anilines is 3. The van der Waals surface area contributed by atoms with Crippen LogP contribution in [0.2, 0.25) is 0 Å². The van der Waals surface area contributed by atoms with Crippen LogP contribution in [0.5, 0.6) is 0 Å². The first-order valence-electron chi connectivity index (χ1n) is 10.8. The minimum absolute atomic E-state index is 0.135. The van der Waals surface area contributed by atoms with Gasteiger partial charge in [-0.2, -0.15) is 5.26 Å². The molecule has 6 nitrogen and oxygen atoms in total. The normalized spacial score (nSPS) is 17.8. The number of nitriles is 1. The van der Waals surface area contributed by atoms with Crippen LogP contribution in [-0.2, 0) is 4.79 Å². The van der Waals surface area contributed by atoms with Crippen LogP contribution in [0.3, 0.4) is 0 Å². The largest absolute Gasteiger partial charge is 0.374 e. The Morgan fingerprint density at radius 2 is 1.83 bits per heavy atom. The summed E-state index contributed by atoms with van der Waals surface area (Å²) >= 11 is 0. The first-order chi connectivity index (χ1) is 14.6. The number of hydrogen-bond donors (Lipinski definition) is 2. The monoisotopic (exact) mass is 403 g/mol. The van der Waals surface area contributed by atoms with E-state index < -0.39 is 6.04 Å². The first kappa shape index (κ1) is 20.2. The molecule has 2 fully saturated rings. The average molecular weight is 404 g/mol. The first-order valence-corrected chi connectivity index (χ1v) is 10.8. The van der Waals surface area contributed by atoms with E-state index in [0.717, 1.165) is 37.8 Å². The Kier molecular flexibility index (Phi) is 6.20. The molecular weight excluding hydrogens is 374 g/mol. The van der Waals surface area contributed by atoms with Gasteiger partial charge in [-0.1, -0.05) is 12.1 Å². The predicted molar refractivity (Wildman–Crippen MR) is 121 cm³/mol. The minimum atomic E-state index is -0.401. The number of hydrogen-bond acceptors (Lipinski definition) is 5. The molecule has 1 heterocycles. The molecule has 1 aliphatic carbocycles. The number of piperazine rings is 1. The minimum Gasteiger partial charge on any atom is -0.374 e. The van der Waals surface area contributed by atoms with Crippen molar-refractivity contribution >= 4 is 23.0 Å². The van der Waals surface area contributed by atoms with Crippen LogP contribution in [0.4, 0.5) is 17.1 Å². The summed E-state index contributed by atoms with van der Waals surface area (Å²) in [5.74, 6) is 0.809. The molecule has 2 aromatic carbocycles. The van der Waals surface area contributed by atoms with Gasteiger partial charge in [0.15, 0.2) is 0 Å². The second kappa shape index (κ2) is 9.19. The van der Waals surface area contributed by atoms with Crippen molar-refractivity contribution in [2.45, 2.75) is 25.8 Å². The van der Waals surface area contributed by atoms with Gasteiger partial charge in [-0.05, 0) is 62.1 Å². The third kappa shape index (κ3) is 5.31. The summed E-state index contributed by atoms with van der Waals surface area (Å²) in [5.41, 5.74) is 3.28. The van der Waals surface area contributed by atoms with Crippen LogP contribution >= 0.6 is 0 Å². The SMILES string of the molecule is CC(Nc1cccc(N2CCN(CC3CC3)CC2)c1)C(=O)Nc1cccc(C#N)c1. The van der Waals surface area contributed by atoms with Crippen molar-refractivity contribution < 1.29 is 4.79 Å². The van der Waals surface area contributed by atoms with E-state index in [1.807, 2.05) is 19.1 Å². The van der Waals surface area contributed by atoms with Crippen molar-refractivity contribution in [2.24, 2.45) is 5.92 Å². The molecule has 1 aliphatic heterocycles. The maximum Gasteiger partial charge on any atom is 0.246 e. The van der Waals surface area contributed by atoms with E-state index in [1.54, 1.807) is 24.3 Å². The van der Waals surface area contributed by atoms with Crippen molar-refractivity contribution in [1.29, 1.82) is 5.26 Å². The summed E-state index contributed by atoms with van der Waals surface area (Å²) in [4.78, 5) is 17.6. The van der Waals surface area contributed by atoms with Crippen LogP contribution in [0.25, 0.3) is 0 Å². The number of carbonyl (C=O) groups excluding carboxylic acids is 1. The van der Waals surface area contributed by atoms with E-state index in [1.165, 1.54) is 25.1 Å². The molecule has 0 spiro atoms. The lowest BCUT2D eigenvalue weighted by molar-refractivity contribution is -0.116. The van der Waals surface area contributed by atoms with Gasteiger partial charge in [-0.25, -0.2) is 0 Å². The highest BCUT2D eigenvalue weighted by atomic mass is 16.2. The Morgan fingerprint density at radius 3 is 2.57 bits per heavy atom. The lowest BCUT2D eigenvalue weighted by Gasteiger charge is -2.36. The fraction of sp³-hybridized carbons (Fsp3) is 0.417. The fourth-order valence-electron chi connectivity index (χ4n) is 3.88. The molecule has 2 aromatic rings. The van der Waals surface area contributed by atoms with Crippen molar-refractivity contribution in [3.05, 3.63) is 54.1 Å². The van der Waals surface area contributed by atoms with Gasteiger partial charge in [0.05, 0.1) is 11.6 Å². The highest BCUT2D eigenvalue weighted by Crippen LogP contribution is 2.30. The number of rotatable bonds is 7. The van der Waals surface area contributed by atoms with Gasteiger partial charge < -0.3 is 15.5 Å². The Bertz CT molecular complexity index is 925. The lowest BCUT2D eigenvalue weighted by atomic mass is 10.2. The smallest absolute Gasteiger partial charge is 0.246 e. The zero-order valence-corrected chi connectivity index (χ0v) is 17.5. The van der Waals surface area contributed by atoms with Gasteiger partial charge >= 0.3 is 0 Å². The quantitative estimate of drug-likeness (QED) is 0.740. The number of amides is 1. The molecule has 1 saturated heterocycles. The highest BCUT2D eigenvalue weighted by Gasteiger charge is 2.26. The molecule has 4 rings (SSSR count). The van der Waals surface area contributed by atoms with Crippen molar-refractivity contribution in [3.8, 4) is 6.07 Å². The maximum absolute atomic E-state index is 12.6. The molecular formula is C24H29N5O. The standard InChI is InChI=1S/C24H29N5O/c1-18(24(30)27-21-5-2-4-20(14-21)16-25)26-22-6-3-7-23(15-22)29-12-10-28(11-13-29)17-19-8-9-19/h2-7,14-15,18-19,26H,8-13,17H2,1H3,(H,27,30). The summed E-state index contributed by atoms with van der Waals surface area (Å²) < 4.78 is 0. The fourth-order valence-corrected chi connectivity index (χ4v) is 3.88. The Labute approximate surface area is 178 Å². The Hall–Kier alpha value is -3.04. The van der Waals surface area contributed by atoms with Gasteiger partial charge in [-0.3, -0.25) is 9.69 Å². The molecule has 2 aliphatic rings. The molecule has 1 amide bonds. The van der Waals surface area contributed by atoms with E-state index in [0.29, 0.717) is 11.3 Å². The van der Waals surface area contributed by atoms with Crippen LogP contribution in [0.1, 0.15) is 25.3 Å². The van der Waals surface area contributed by atoms with E-state index in [-0.39, 0.29) is 5.91 Å². The van der Waals surface area contributed by atoms with Crippen LogP contribution in [0, 0.1) is 17.2 Å². The maximum atomic E-state index is 12.6. The molecule has 30 heavy (non-hydrogen) atoms. The van der Waals surface area contributed by atoms with Crippen LogP contribution in [0.15, 0.2) is 48.5 Å². The number of carbonyl (C=O) groups is 1. The molecule has 2 N–H and O–H groups in total. The Morgan fingerprint density at radius 1 is 1.10 bits per heavy atom. The van der Waals surface area contributed by atoms with Gasteiger partial charge in [0.2, 0.25) is 5.91 Å². The van der Waals surface area contributed by atoms with Crippen molar-refractivity contribution in [1.82, 2.24) is 4.90 Å². The number of nitrogens with one attached hydrogen (secondary N) is 2. The molecule has 156 valence electrons. The number of benzene rings is 2. The van der Waals surface area contributed by atoms with Crippen LogP contribution < -0.4 is 15.5 Å². The average Bonchev–Trinajstić information content (AvgIpc) is 3.58. The summed E-state index contributed by atoms with van der Waals surface area (Å²) in [6.07, 6.45) is 2.81. The third-order valence-corrected chi connectivity index (χ3v) is 5.83. The highest BCUT2D eigenvalue weighted by molar-refractivity contribution is 5.96. The predicted octanol–water partition coefficient (Wildman–Crippen LogP) is 3.53. The van der Waals surface area contributed by atoms with E-state index in [9.17, 15) is 4.79 Å². The third-order valence-electron chi connectivity index (χ3n) is 5.83. The summed E-state index contributed by atoms with van der Waals surface area (Å²) in [7, 11) is 0. The summed E-state index contributed by atoms with van der Waals surface area (Å²) in [5, 5.41) is 15.2. The summed E-state index contributed by atoms with van der Waals surface area (Å²) in [6, 6.07) is 16.9. The van der Waals surface area contributed by atoms with Crippen LogP contribution in [-0.4, -0.2) is 49.6 Å². The van der Waals surface area contributed by atoms with E-state index in [4.69, 9.17) is 5.26 Å². The van der Waals surface area contributed by atoms with Crippen molar-refractivity contribution in [3.63, 3.8) is 0 Å². The zero-order chi connectivity index (χ0) is 20.9. The molecule has 0 bridgehead atoms. The lowest BCUT2D eigenvalue weighted by Crippen LogP contribution is -2.47. The molecule has 0 aromatic heterocycles. The zero-order valence-electron chi connectivity index (χ0n) is 17.5. The molecule has 1 saturated carbocycles. The van der Waals surface area contributed by atoms with Gasteiger partial charge in [0, 0.05) is 49.8 Å². The van der Waals surface area contributed by atoms with Gasteiger partial charge in [0.1, 0.15) is 6.04 Å². The Balaban J connectivity index is 1.32. The van der Waals surface area contributed by atoms with E-state index in [2.05, 4.69) is 38.6 Å². The molecule has 6 heteroatoms. The van der Waals surface area contributed by atoms with E-state index >= 15 is 0 Å². The number of nitrogens with zero attached hydrogens (tertiary/aromatic N) is 3. The summed E-state index contributed by atoms with van der Waals surface area (Å²) in [6.45, 7) is 7.43. The van der Waals surface area contributed by atoms with Crippen molar-refractivity contribution in [2.75, 3.05) is 48.3 Å². The molecule has 1 unspecified atom stereocenters. The second-order valence-corrected chi connectivity index (χ2v) is 8.33. The van der Waals surface area contributed by atoms with Gasteiger partial charge in [0.25, 0.3) is 0 Å². The molecule has 1 atom stereocenters. The molecule has 0 radical (unpaired) electrons. The second-order valence-electron chi connectivity index (χ2n) is 8.33.